The van der Waals surface area contributed by atoms with Crippen molar-refractivity contribution in [2.24, 2.45) is 0 Å². The van der Waals surface area contributed by atoms with Gasteiger partial charge in [-0.15, -0.1) is 0 Å². The SMILES string of the molecule is Cc1ccn(C(=O)N2CCC(OCc3cc(F)cc(Cl)c3)CC2)n1. The maximum absolute atomic E-state index is 13.3. The van der Waals surface area contributed by atoms with Crippen LogP contribution in [0.5, 0.6) is 0 Å². The van der Waals surface area contributed by atoms with Crippen LogP contribution < -0.4 is 0 Å². The Hall–Kier alpha value is -1.92. The molecule has 1 aliphatic heterocycles. The fraction of sp³-hybridized carbons (Fsp3) is 0.412. The molecule has 0 N–H and O–H groups in total. The maximum Gasteiger partial charge on any atom is 0.344 e. The molecule has 0 atom stereocenters. The summed E-state index contributed by atoms with van der Waals surface area (Å²) < 4.78 is 20.5. The average Bonchev–Trinajstić information content (AvgIpc) is 2.98. The molecule has 24 heavy (non-hydrogen) atoms. The van der Waals surface area contributed by atoms with Crippen LogP contribution in [0.4, 0.5) is 9.18 Å². The Morgan fingerprint density at radius 3 is 2.75 bits per heavy atom. The predicted octanol–water partition coefficient (Wildman–Crippen LogP) is 3.63. The van der Waals surface area contributed by atoms with Crippen molar-refractivity contribution in [1.29, 1.82) is 0 Å². The van der Waals surface area contributed by atoms with E-state index >= 15 is 0 Å². The fourth-order valence-corrected chi connectivity index (χ4v) is 3.03. The Labute approximate surface area is 145 Å². The molecular weight excluding hydrogens is 333 g/mol. The molecule has 0 bridgehead atoms. The van der Waals surface area contributed by atoms with Crippen LogP contribution >= 0.6 is 11.6 Å². The van der Waals surface area contributed by atoms with Gasteiger partial charge in [-0.1, -0.05) is 11.6 Å². The molecule has 0 radical (unpaired) electrons. The van der Waals surface area contributed by atoms with Crippen molar-refractivity contribution in [1.82, 2.24) is 14.7 Å². The Kier molecular flexibility index (Phi) is 5.16. The Balaban J connectivity index is 1.49. The third-order valence-corrected chi connectivity index (χ3v) is 4.26. The fourth-order valence-electron chi connectivity index (χ4n) is 2.79. The topological polar surface area (TPSA) is 47.4 Å². The van der Waals surface area contributed by atoms with E-state index in [2.05, 4.69) is 5.10 Å². The quantitative estimate of drug-likeness (QED) is 0.848. The van der Waals surface area contributed by atoms with E-state index in [0.717, 1.165) is 18.5 Å². The van der Waals surface area contributed by atoms with Crippen LogP contribution in [-0.4, -0.2) is 39.9 Å². The van der Waals surface area contributed by atoms with Crippen LogP contribution in [0.15, 0.2) is 30.5 Å². The van der Waals surface area contributed by atoms with Gasteiger partial charge in [-0.2, -0.15) is 9.78 Å². The van der Waals surface area contributed by atoms with Crippen LogP contribution in [0.3, 0.4) is 0 Å². The number of aryl methyl sites for hydroxylation is 1. The van der Waals surface area contributed by atoms with Crippen molar-refractivity contribution in [2.45, 2.75) is 32.5 Å². The van der Waals surface area contributed by atoms with Crippen molar-refractivity contribution in [2.75, 3.05) is 13.1 Å². The smallest absolute Gasteiger partial charge is 0.344 e. The van der Waals surface area contributed by atoms with E-state index in [1.54, 1.807) is 23.2 Å². The average molecular weight is 352 g/mol. The lowest BCUT2D eigenvalue weighted by atomic mass is 10.1. The van der Waals surface area contributed by atoms with Gasteiger partial charge < -0.3 is 9.64 Å². The van der Waals surface area contributed by atoms with Crippen LogP contribution in [0.1, 0.15) is 24.1 Å². The lowest BCUT2D eigenvalue weighted by Crippen LogP contribution is -2.43. The monoisotopic (exact) mass is 351 g/mol. The Bertz CT molecular complexity index is 706. The van der Waals surface area contributed by atoms with Gasteiger partial charge in [0.1, 0.15) is 5.82 Å². The van der Waals surface area contributed by atoms with Gasteiger partial charge >= 0.3 is 6.03 Å². The van der Waals surface area contributed by atoms with E-state index in [0.29, 0.717) is 30.3 Å². The number of carbonyl (C=O) groups is 1. The summed E-state index contributed by atoms with van der Waals surface area (Å²) in [5.74, 6) is -0.365. The summed E-state index contributed by atoms with van der Waals surface area (Å²) in [5.41, 5.74) is 1.53. The zero-order valence-corrected chi connectivity index (χ0v) is 14.2. The molecule has 128 valence electrons. The van der Waals surface area contributed by atoms with Crippen molar-refractivity contribution in [3.63, 3.8) is 0 Å². The van der Waals surface area contributed by atoms with E-state index in [-0.39, 0.29) is 18.0 Å². The van der Waals surface area contributed by atoms with E-state index in [1.165, 1.54) is 16.8 Å². The predicted molar refractivity (Wildman–Crippen MR) is 88.6 cm³/mol. The second-order valence-electron chi connectivity index (χ2n) is 5.96. The van der Waals surface area contributed by atoms with Crippen molar-refractivity contribution in [3.05, 3.63) is 52.6 Å². The molecule has 3 rings (SSSR count). The summed E-state index contributed by atoms with van der Waals surface area (Å²) in [7, 11) is 0. The zero-order chi connectivity index (χ0) is 17.1. The first-order valence-corrected chi connectivity index (χ1v) is 8.27. The van der Waals surface area contributed by atoms with Crippen LogP contribution in [0.25, 0.3) is 0 Å². The molecule has 1 amide bonds. The second-order valence-corrected chi connectivity index (χ2v) is 6.40. The standard InChI is InChI=1S/C17H19ClFN3O2/c1-12-2-7-22(20-12)17(23)21-5-3-16(4-6-21)24-11-13-8-14(18)10-15(19)9-13/h2,7-10,16H,3-6,11H2,1H3. The number of amides is 1. The van der Waals surface area contributed by atoms with Gasteiger partial charge in [-0.25, -0.2) is 9.18 Å². The number of hydrogen-bond donors (Lipinski definition) is 0. The molecule has 1 fully saturated rings. The number of benzene rings is 1. The summed E-state index contributed by atoms with van der Waals surface area (Å²) >= 11 is 5.84. The van der Waals surface area contributed by atoms with Gasteiger partial charge in [0, 0.05) is 24.3 Å². The lowest BCUT2D eigenvalue weighted by molar-refractivity contribution is 0.00427. The number of nitrogens with zero attached hydrogens (tertiary/aromatic N) is 3. The molecule has 1 aliphatic rings. The highest BCUT2D eigenvalue weighted by molar-refractivity contribution is 6.30. The summed E-state index contributed by atoms with van der Waals surface area (Å²) in [6, 6.07) is 6.08. The minimum atomic E-state index is -0.365. The molecule has 1 saturated heterocycles. The number of ether oxygens (including phenoxy) is 1. The highest BCUT2D eigenvalue weighted by Gasteiger charge is 2.24. The number of aromatic nitrogens is 2. The molecule has 1 aromatic carbocycles. The van der Waals surface area contributed by atoms with E-state index in [4.69, 9.17) is 16.3 Å². The molecule has 0 unspecified atom stereocenters. The third-order valence-electron chi connectivity index (χ3n) is 4.04. The number of halogens is 2. The van der Waals surface area contributed by atoms with E-state index in [1.807, 2.05) is 6.92 Å². The van der Waals surface area contributed by atoms with Gasteiger partial charge in [-0.3, -0.25) is 0 Å². The van der Waals surface area contributed by atoms with Gasteiger partial charge in [-0.05, 0) is 49.6 Å². The number of carbonyl (C=O) groups excluding carboxylic acids is 1. The number of rotatable bonds is 3. The van der Waals surface area contributed by atoms with Gasteiger partial charge in [0.2, 0.25) is 0 Å². The highest BCUT2D eigenvalue weighted by Crippen LogP contribution is 2.19. The largest absolute Gasteiger partial charge is 0.373 e. The lowest BCUT2D eigenvalue weighted by Gasteiger charge is -2.31. The van der Waals surface area contributed by atoms with Gasteiger partial charge in [0.05, 0.1) is 18.4 Å². The van der Waals surface area contributed by atoms with E-state index < -0.39 is 0 Å². The molecule has 2 aromatic rings. The van der Waals surface area contributed by atoms with Crippen LogP contribution in [0, 0.1) is 12.7 Å². The molecule has 0 aliphatic carbocycles. The Morgan fingerprint density at radius 1 is 1.38 bits per heavy atom. The maximum atomic E-state index is 13.3. The second kappa shape index (κ2) is 7.32. The van der Waals surface area contributed by atoms with Crippen molar-refractivity contribution in [3.8, 4) is 0 Å². The summed E-state index contributed by atoms with van der Waals surface area (Å²) in [5, 5.41) is 4.51. The van der Waals surface area contributed by atoms with Crippen molar-refractivity contribution < 1.29 is 13.9 Å². The van der Waals surface area contributed by atoms with Crippen LogP contribution in [-0.2, 0) is 11.3 Å². The number of piperidine rings is 1. The first-order valence-electron chi connectivity index (χ1n) is 7.89. The zero-order valence-electron chi connectivity index (χ0n) is 13.4. The van der Waals surface area contributed by atoms with Crippen molar-refractivity contribution >= 4 is 17.6 Å². The molecule has 0 spiro atoms. The minimum Gasteiger partial charge on any atom is -0.373 e. The molecule has 2 heterocycles. The summed E-state index contributed by atoms with van der Waals surface area (Å²) in [6.45, 7) is 3.40. The molecular formula is C17H19ClFN3O2. The highest BCUT2D eigenvalue weighted by atomic mass is 35.5. The summed E-state index contributed by atoms with van der Waals surface area (Å²) in [4.78, 5) is 14.1. The normalized spacial score (nSPS) is 15.7. The molecule has 5 nitrogen and oxygen atoms in total. The molecule has 7 heteroatoms. The summed E-state index contributed by atoms with van der Waals surface area (Å²) in [6.07, 6.45) is 3.22. The minimum absolute atomic E-state index is 0.0513. The number of hydrogen-bond acceptors (Lipinski definition) is 3. The first kappa shape index (κ1) is 16.9. The Morgan fingerprint density at radius 2 is 2.12 bits per heavy atom. The first-order chi connectivity index (χ1) is 11.5. The van der Waals surface area contributed by atoms with E-state index in [9.17, 15) is 9.18 Å². The molecule has 1 aromatic heterocycles. The van der Waals surface area contributed by atoms with Gasteiger partial charge in [0.15, 0.2) is 0 Å². The number of likely N-dealkylation sites (tertiary alicyclic amines) is 1. The third kappa shape index (κ3) is 4.13. The van der Waals surface area contributed by atoms with Crippen LogP contribution in [0.2, 0.25) is 5.02 Å². The molecule has 0 saturated carbocycles. The van der Waals surface area contributed by atoms with Gasteiger partial charge in [0.25, 0.3) is 0 Å².